The molecule has 4 nitrogen and oxygen atoms in total. The Morgan fingerprint density at radius 2 is 2.25 bits per heavy atom. The molecule has 0 radical (unpaired) electrons. The topological polar surface area (TPSA) is 55.0 Å². The lowest BCUT2D eigenvalue weighted by Crippen LogP contribution is -2.17. The fourth-order valence-corrected chi connectivity index (χ4v) is 2.17. The number of pyridine rings is 1. The van der Waals surface area contributed by atoms with E-state index in [4.69, 9.17) is 5.73 Å². The van der Waals surface area contributed by atoms with E-state index in [1.165, 1.54) is 0 Å². The summed E-state index contributed by atoms with van der Waals surface area (Å²) in [5.41, 5.74) is 7.50. The Balaban J connectivity index is 2.05. The monoisotopic (exact) mass is 234 g/mol. The lowest BCUT2D eigenvalue weighted by molar-refractivity contribution is 0.870. The Morgan fingerprint density at radius 1 is 1.38 bits per heavy atom. The third-order valence-electron chi connectivity index (χ3n) is 2.20. The second-order valence-corrected chi connectivity index (χ2v) is 4.34. The van der Waals surface area contributed by atoms with Crippen molar-refractivity contribution in [2.45, 2.75) is 13.1 Å². The third-order valence-corrected chi connectivity index (χ3v) is 3.20. The van der Waals surface area contributed by atoms with E-state index in [1.54, 1.807) is 17.5 Å². The molecule has 2 aromatic rings. The highest BCUT2D eigenvalue weighted by Crippen LogP contribution is 2.20. The molecule has 0 amide bonds. The number of aromatic nitrogens is 2. The van der Waals surface area contributed by atoms with Gasteiger partial charge in [0.25, 0.3) is 0 Å². The number of nitrogens with two attached hydrogens (primary N) is 1. The zero-order chi connectivity index (χ0) is 11.4. The van der Waals surface area contributed by atoms with Gasteiger partial charge in [0.2, 0.25) is 0 Å². The highest BCUT2D eigenvalue weighted by molar-refractivity contribution is 7.13. The summed E-state index contributed by atoms with van der Waals surface area (Å²) in [7, 11) is 2.01. The Morgan fingerprint density at radius 3 is 2.88 bits per heavy atom. The van der Waals surface area contributed by atoms with Gasteiger partial charge in [0.1, 0.15) is 0 Å². The van der Waals surface area contributed by atoms with E-state index in [-0.39, 0.29) is 0 Å². The van der Waals surface area contributed by atoms with E-state index in [1.807, 2.05) is 30.6 Å². The standard InChI is InChI=1S/C11H14N4S/c1-15(7-9-4-2-3-5-13-9)11-14-10(6-12)8-16-11/h2-5,8H,6-7,12H2,1H3. The summed E-state index contributed by atoms with van der Waals surface area (Å²) in [6, 6.07) is 5.91. The van der Waals surface area contributed by atoms with Gasteiger partial charge in [-0.05, 0) is 12.1 Å². The molecular weight excluding hydrogens is 220 g/mol. The zero-order valence-electron chi connectivity index (χ0n) is 9.13. The van der Waals surface area contributed by atoms with Crippen molar-refractivity contribution in [3.8, 4) is 0 Å². The summed E-state index contributed by atoms with van der Waals surface area (Å²) in [5.74, 6) is 0. The molecule has 0 bridgehead atoms. The van der Waals surface area contributed by atoms with Crippen molar-refractivity contribution >= 4 is 16.5 Å². The summed E-state index contributed by atoms with van der Waals surface area (Å²) < 4.78 is 0. The van der Waals surface area contributed by atoms with Crippen molar-refractivity contribution in [2.75, 3.05) is 11.9 Å². The minimum atomic E-state index is 0.494. The molecule has 84 valence electrons. The van der Waals surface area contributed by atoms with Crippen molar-refractivity contribution < 1.29 is 0 Å². The van der Waals surface area contributed by atoms with Gasteiger partial charge in [0, 0.05) is 25.2 Å². The Hall–Kier alpha value is -1.46. The number of rotatable bonds is 4. The predicted molar refractivity (Wildman–Crippen MR) is 66.3 cm³/mol. The fourth-order valence-electron chi connectivity index (χ4n) is 1.37. The molecule has 16 heavy (non-hydrogen) atoms. The van der Waals surface area contributed by atoms with Crippen molar-refractivity contribution in [3.05, 3.63) is 41.2 Å². The first-order valence-corrected chi connectivity index (χ1v) is 5.93. The second-order valence-electron chi connectivity index (χ2n) is 3.50. The molecule has 0 aliphatic rings. The van der Waals surface area contributed by atoms with Gasteiger partial charge in [0.15, 0.2) is 5.13 Å². The molecule has 0 saturated heterocycles. The maximum atomic E-state index is 5.53. The Labute approximate surface area is 98.8 Å². The first kappa shape index (κ1) is 11.0. The summed E-state index contributed by atoms with van der Waals surface area (Å²) >= 11 is 1.61. The molecule has 0 saturated carbocycles. The minimum Gasteiger partial charge on any atom is -0.345 e. The van der Waals surface area contributed by atoms with Crippen LogP contribution in [0.5, 0.6) is 0 Å². The summed E-state index contributed by atoms with van der Waals surface area (Å²) in [6.45, 7) is 1.26. The average molecular weight is 234 g/mol. The fraction of sp³-hybridized carbons (Fsp3) is 0.273. The maximum Gasteiger partial charge on any atom is 0.185 e. The average Bonchev–Trinajstić information content (AvgIpc) is 2.79. The first-order valence-electron chi connectivity index (χ1n) is 5.05. The molecule has 2 aromatic heterocycles. The van der Waals surface area contributed by atoms with Gasteiger partial charge in [0.05, 0.1) is 17.9 Å². The van der Waals surface area contributed by atoms with Crippen LogP contribution in [-0.2, 0) is 13.1 Å². The van der Waals surface area contributed by atoms with Crippen LogP contribution in [0.2, 0.25) is 0 Å². The molecule has 0 spiro atoms. The molecule has 5 heteroatoms. The lowest BCUT2D eigenvalue weighted by Gasteiger charge is -2.14. The van der Waals surface area contributed by atoms with Crippen LogP contribution in [-0.4, -0.2) is 17.0 Å². The molecule has 0 aliphatic heterocycles. The number of hydrogen-bond donors (Lipinski definition) is 1. The van der Waals surface area contributed by atoms with Gasteiger partial charge in [-0.1, -0.05) is 6.07 Å². The molecule has 2 N–H and O–H groups in total. The molecule has 2 heterocycles. The van der Waals surface area contributed by atoms with Crippen LogP contribution >= 0.6 is 11.3 Å². The zero-order valence-corrected chi connectivity index (χ0v) is 9.94. The summed E-state index contributed by atoms with van der Waals surface area (Å²) in [5, 5.41) is 2.97. The molecular formula is C11H14N4S. The smallest absolute Gasteiger partial charge is 0.185 e. The van der Waals surface area contributed by atoms with Gasteiger partial charge in [-0.2, -0.15) is 0 Å². The molecule has 0 aliphatic carbocycles. The van der Waals surface area contributed by atoms with Gasteiger partial charge in [-0.3, -0.25) is 4.98 Å². The summed E-state index contributed by atoms with van der Waals surface area (Å²) in [4.78, 5) is 10.8. The SMILES string of the molecule is CN(Cc1ccccn1)c1nc(CN)cs1. The van der Waals surface area contributed by atoms with E-state index < -0.39 is 0 Å². The van der Waals surface area contributed by atoms with Crippen LogP contribution in [0.1, 0.15) is 11.4 Å². The normalized spacial score (nSPS) is 10.4. The van der Waals surface area contributed by atoms with E-state index in [0.29, 0.717) is 6.54 Å². The van der Waals surface area contributed by atoms with Crippen molar-refractivity contribution in [1.82, 2.24) is 9.97 Å². The van der Waals surface area contributed by atoms with E-state index in [2.05, 4.69) is 14.9 Å². The van der Waals surface area contributed by atoms with Crippen LogP contribution < -0.4 is 10.6 Å². The van der Waals surface area contributed by atoms with Crippen LogP contribution in [0.3, 0.4) is 0 Å². The van der Waals surface area contributed by atoms with E-state index >= 15 is 0 Å². The highest BCUT2D eigenvalue weighted by atomic mass is 32.1. The molecule has 0 fully saturated rings. The van der Waals surface area contributed by atoms with Crippen LogP contribution in [0, 0.1) is 0 Å². The van der Waals surface area contributed by atoms with Gasteiger partial charge >= 0.3 is 0 Å². The van der Waals surface area contributed by atoms with Crippen molar-refractivity contribution in [1.29, 1.82) is 0 Å². The van der Waals surface area contributed by atoms with E-state index in [9.17, 15) is 0 Å². The van der Waals surface area contributed by atoms with E-state index in [0.717, 1.165) is 23.1 Å². The molecule has 0 atom stereocenters. The largest absolute Gasteiger partial charge is 0.345 e. The first-order chi connectivity index (χ1) is 7.79. The lowest BCUT2D eigenvalue weighted by atomic mass is 10.3. The van der Waals surface area contributed by atoms with Crippen LogP contribution in [0.15, 0.2) is 29.8 Å². The molecule has 0 aromatic carbocycles. The second kappa shape index (κ2) is 5.05. The van der Waals surface area contributed by atoms with Gasteiger partial charge in [-0.15, -0.1) is 11.3 Å². The summed E-state index contributed by atoms with van der Waals surface area (Å²) in [6.07, 6.45) is 1.80. The van der Waals surface area contributed by atoms with Crippen LogP contribution in [0.4, 0.5) is 5.13 Å². The third kappa shape index (κ3) is 2.56. The minimum absolute atomic E-state index is 0.494. The number of hydrogen-bond acceptors (Lipinski definition) is 5. The highest BCUT2D eigenvalue weighted by Gasteiger charge is 2.07. The Kier molecular flexibility index (Phi) is 3.48. The molecule has 0 unspecified atom stereocenters. The van der Waals surface area contributed by atoms with Gasteiger partial charge in [-0.25, -0.2) is 4.98 Å². The number of thiazole rings is 1. The number of nitrogens with zero attached hydrogens (tertiary/aromatic N) is 3. The predicted octanol–water partition coefficient (Wildman–Crippen LogP) is 1.63. The number of anilines is 1. The quantitative estimate of drug-likeness (QED) is 0.873. The van der Waals surface area contributed by atoms with Gasteiger partial charge < -0.3 is 10.6 Å². The molecule has 2 rings (SSSR count). The Bertz CT molecular complexity index is 440. The van der Waals surface area contributed by atoms with Crippen molar-refractivity contribution in [3.63, 3.8) is 0 Å². The maximum absolute atomic E-state index is 5.53. The van der Waals surface area contributed by atoms with Crippen LogP contribution in [0.25, 0.3) is 0 Å². The van der Waals surface area contributed by atoms with Crippen molar-refractivity contribution in [2.24, 2.45) is 5.73 Å².